The molecule has 1 amide bonds. The lowest BCUT2D eigenvalue weighted by molar-refractivity contribution is 0.0294. The van der Waals surface area contributed by atoms with E-state index in [1.54, 1.807) is 24.4 Å². The van der Waals surface area contributed by atoms with Crippen LogP contribution in [0.3, 0.4) is 0 Å². The maximum absolute atomic E-state index is 13.6. The first-order chi connectivity index (χ1) is 17.9. The number of amides is 1. The van der Waals surface area contributed by atoms with Gasteiger partial charge in [-0.2, -0.15) is 0 Å². The molecule has 2 N–H and O–H groups in total. The summed E-state index contributed by atoms with van der Waals surface area (Å²) in [4.78, 5) is 33.8. The summed E-state index contributed by atoms with van der Waals surface area (Å²) in [5.74, 6) is -1.25. The van der Waals surface area contributed by atoms with Crippen LogP contribution in [0.25, 0.3) is 22.2 Å². The zero-order valence-corrected chi connectivity index (χ0v) is 20.5. The van der Waals surface area contributed by atoms with E-state index in [0.717, 1.165) is 31.4 Å². The predicted octanol–water partition coefficient (Wildman–Crippen LogP) is 3.05. The van der Waals surface area contributed by atoms with Crippen molar-refractivity contribution in [1.82, 2.24) is 19.8 Å². The second-order valence-electron chi connectivity index (χ2n) is 11.2. The van der Waals surface area contributed by atoms with Crippen molar-refractivity contribution >= 4 is 16.9 Å². The Kier molecular flexibility index (Phi) is 5.17. The number of aromatic nitrogens is 2. The van der Waals surface area contributed by atoms with Crippen LogP contribution in [0.2, 0.25) is 0 Å². The number of nitrogens with one attached hydrogen (secondary N) is 1. The number of halogens is 1. The van der Waals surface area contributed by atoms with E-state index in [1.807, 2.05) is 0 Å². The van der Waals surface area contributed by atoms with Gasteiger partial charge >= 0.3 is 0 Å². The molecule has 0 radical (unpaired) electrons. The van der Waals surface area contributed by atoms with Crippen molar-refractivity contribution < 1.29 is 19.0 Å². The van der Waals surface area contributed by atoms with Crippen LogP contribution >= 0.6 is 0 Å². The SMILES string of the molecule is O=C(NC1CC2(CC2)C1)c1c(O)c2cc(-c3ccc(F)cc3)cnc2n(CCN2CC3CC2CO3)c1=O. The Balaban J connectivity index is 1.27. The first-order valence-electron chi connectivity index (χ1n) is 13.1. The van der Waals surface area contributed by atoms with Gasteiger partial charge in [0.25, 0.3) is 11.5 Å². The van der Waals surface area contributed by atoms with Gasteiger partial charge in [0.05, 0.1) is 18.1 Å². The zero-order chi connectivity index (χ0) is 25.3. The molecule has 4 fully saturated rings. The molecule has 8 nitrogen and oxygen atoms in total. The molecule has 2 aromatic heterocycles. The number of benzene rings is 1. The molecule has 4 aliphatic rings. The maximum atomic E-state index is 13.6. The molecule has 2 aliphatic heterocycles. The number of pyridine rings is 2. The van der Waals surface area contributed by atoms with E-state index in [1.165, 1.54) is 29.5 Å². The van der Waals surface area contributed by atoms with Gasteiger partial charge in [-0.1, -0.05) is 12.1 Å². The Hall–Kier alpha value is -3.30. The molecule has 192 valence electrons. The predicted molar refractivity (Wildman–Crippen MR) is 135 cm³/mol. The number of morpholine rings is 1. The Morgan fingerprint density at radius 3 is 2.65 bits per heavy atom. The first kappa shape index (κ1) is 22.9. The number of rotatable bonds is 6. The molecule has 2 atom stereocenters. The van der Waals surface area contributed by atoms with Crippen LogP contribution in [0.15, 0.2) is 41.3 Å². The first-order valence-corrected chi connectivity index (χ1v) is 13.1. The molecule has 3 aromatic rings. The summed E-state index contributed by atoms with van der Waals surface area (Å²) in [6.45, 7) is 2.49. The minimum Gasteiger partial charge on any atom is -0.506 e. The molecule has 9 heteroatoms. The fourth-order valence-corrected chi connectivity index (χ4v) is 6.44. The molecule has 2 unspecified atom stereocenters. The zero-order valence-electron chi connectivity index (χ0n) is 20.5. The van der Waals surface area contributed by atoms with Crippen LogP contribution in [-0.4, -0.2) is 63.3 Å². The van der Waals surface area contributed by atoms with E-state index in [9.17, 15) is 19.1 Å². The highest BCUT2D eigenvalue weighted by Crippen LogP contribution is 2.60. The summed E-state index contributed by atoms with van der Waals surface area (Å²) in [5, 5.41) is 14.5. The Bertz CT molecular complexity index is 1460. The third-order valence-electron chi connectivity index (χ3n) is 8.75. The van der Waals surface area contributed by atoms with Crippen molar-refractivity contribution in [2.75, 3.05) is 19.7 Å². The minimum atomic E-state index is -0.542. The second kappa shape index (κ2) is 8.36. The molecule has 4 heterocycles. The van der Waals surface area contributed by atoms with E-state index in [2.05, 4.69) is 15.2 Å². The molecule has 2 aliphatic carbocycles. The van der Waals surface area contributed by atoms with E-state index in [0.29, 0.717) is 47.8 Å². The molecule has 37 heavy (non-hydrogen) atoms. The van der Waals surface area contributed by atoms with Crippen molar-refractivity contribution in [2.24, 2.45) is 5.41 Å². The van der Waals surface area contributed by atoms with Crippen LogP contribution < -0.4 is 10.9 Å². The molecule has 2 saturated heterocycles. The highest BCUT2D eigenvalue weighted by Gasteiger charge is 2.53. The average molecular weight is 505 g/mol. The molecular formula is C28H29FN4O4. The van der Waals surface area contributed by atoms with E-state index >= 15 is 0 Å². The quantitative estimate of drug-likeness (QED) is 0.536. The highest BCUT2D eigenvalue weighted by atomic mass is 19.1. The minimum absolute atomic E-state index is 0.0294. The van der Waals surface area contributed by atoms with Gasteiger partial charge in [-0.3, -0.25) is 19.1 Å². The number of ether oxygens (including phenoxy) is 1. The van der Waals surface area contributed by atoms with Crippen LogP contribution in [0.5, 0.6) is 5.75 Å². The largest absolute Gasteiger partial charge is 0.506 e. The smallest absolute Gasteiger partial charge is 0.268 e. The lowest BCUT2D eigenvalue weighted by atomic mass is 9.77. The van der Waals surface area contributed by atoms with E-state index in [-0.39, 0.29) is 29.3 Å². The third kappa shape index (κ3) is 3.92. The standard InChI is InChI=1S/C28H29FN4O4/c29-18-3-1-16(2-4-18)17-9-22-24(34)23(26(35)31-19-11-28(12-19)5-6-28)27(36)33(25(22)30-13-17)8-7-32-14-21-10-20(32)15-37-21/h1-4,9,13,19-21,34H,5-8,10-12,14-15H2,(H,31,35). The van der Waals surface area contributed by atoms with Gasteiger partial charge in [-0.25, -0.2) is 9.37 Å². The van der Waals surface area contributed by atoms with Gasteiger partial charge in [0, 0.05) is 43.5 Å². The maximum Gasteiger partial charge on any atom is 0.268 e. The fourth-order valence-electron chi connectivity index (χ4n) is 6.44. The van der Waals surface area contributed by atoms with Crippen molar-refractivity contribution in [3.63, 3.8) is 0 Å². The average Bonchev–Trinajstić information content (AvgIpc) is 3.38. The summed E-state index contributed by atoms with van der Waals surface area (Å²) in [6, 6.07) is 8.07. The summed E-state index contributed by atoms with van der Waals surface area (Å²) in [7, 11) is 0. The fraction of sp³-hybridized carbons (Fsp3) is 0.464. The summed E-state index contributed by atoms with van der Waals surface area (Å²) in [5.41, 5.74) is 1.32. The number of fused-ring (bicyclic) bond motifs is 3. The van der Waals surface area contributed by atoms with Crippen LogP contribution in [0, 0.1) is 11.2 Å². The molecule has 7 rings (SSSR count). The van der Waals surface area contributed by atoms with Gasteiger partial charge in [-0.15, -0.1) is 0 Å². The number of likely N-dealkylation sites (tertiary alicyclic amines) is 1. The van der Waals surface area contributed by atoms with Gasteiger partial charge in [-0.05, 0) is 61.3 Å². The van der Waals surface area contributed by atoms with Crippen molar-refractivity contribution in [3.8, 4) is 16.9 Å². The van der Waals surface area contributed by atoms with Gasteiger partial charge in [0.1, 0.15) is 22.8 Å². The lowest BCUT2D eigenvalue weighted by Gasteiger charge is -2.36. The number of hydrogen-bond acceptors (Lipinski definition) is 6. The van der Waals surface area contributed by atoms with Crippen LogP contribution in [-0.2, 0) is 11.3 Å². The summed E-state index contributed by atoms with van der Waals surface area (Å²) < 4.78 is 20.7. The van der Waals surface area contributed by atoms with Crippen LogP contribution in [0.4, 0.5) is 4.39 Å². The molecule has 1 spiro atoms. The van der Waals surface area contributed by atoms with Crippen molar-refractivity contribution in [1.29, 1.82) is 0 Å². The number of carbonyl (C=O) groups is 1. The van der Waals surface area contributed by atoms with Crippen molar-refractivity contribution in [3.05, 3.63) is 58.3 Å². The molecule has 1 aromatic carbocycles. The van der Waals surface area contributed by atoms with E-state index < -0.39 is 11.5 Å². The molecular weight excluding hydrogens is 475 g/mol. The lowest BCUT2D eigenvalue weighted by Crippen LogP contribution is -2.47. The second-order valence-corrected chi connectivity index (χ2v) is 11.2. The number of nitrogens with zero attached hydrogens (tertiary/aromatic N) is 3. The molecule has 2 bridgehead atoms. The third-order valence-corrected chi connectivity index (χ3v) is 8.75. The summed E-state index contributed by atoms with van der Waals surface area (Å²) in [6.07, 6.45) is 7.12. The molecule has 2 saturated carbocycles. The Labute approximate surface area is 213 Å². The monoisotopic (exact) mass is 504 g/mol. The van der Waals surface area contributed by atoms with Crippen LogP contribution in [0.1, 0.15) is 42.5 Å². The topological polar surface area (TPSA) is 96.7 Å². The number of hydrogen-bond donors (Lipinski definition) is 2. The number of aromatic hydroxyl groups is 1. The highest BCUT2D eigenvalue weighted by molar-refractivity contribution is 6.02. The normalized spacial score (nSPS) is 24.0. The van der Waals surface area contributed by atoms with Gasteiger partial charge in [0.2, 0.25) is 0 Å². The summed E-state index contributed by atoms with van der Waals surface area (Å²) >= 11 is 0. The van der Waals surface area contributed by atoms with Gasteiger partial charge < -0.3 is 15.2 Å². The van der Waals surface area contributed by atoms with Crippen molar-refractivity contribution in [2.45, 2.75) is 56.8 Å². The Morgan fingerprint density at radius 1 is 1.19 bits per heavy atom. The van der Waals surface area contributed by atoms with Gasteiger partial charge in [0.15, 0.2) is 0 Å². The van der Waals surface area contributed by atoms with E-state index in [4.69, 9.17) is 4.74 Å². The number of carbonyl (C=O) groups excluding carboxylic acids is 1. The Morgan fingerprint density at radius 2 is 1.97 bits per heavy atom.